The Balaban J connectivity index is 2.72. The number of H-pyrrole nitrogens is 1. The molecule has 0 unspecified atom stereocenters. The van der Waals surface area contributed by atoms with Crippen molar-refractivity contribution in [3.05, 3.63) is 50.5 Å². The van der Waals surface area contributed by atoms with E-state index < -0.39 is 0 Å². The lowest BCUT2D eigenvalue weighted by atomic mass is 10.1. The Labute approximate surface area is 102 Å². The Morgan fingerprint density at radius 1 is 1.31 bits per heavy atom. The minimum atomic E-state index is -0.180. The molecule has 0 atom stereocenters. The summed E-state index contributed by atoms with van der Waals surface area (Å²) < 4.78 is 0. The molecule has 0 radical (unpaired) electrons. The summed E-state index contributed by atoms with van der Waals surface area (Å²) in [5, 5.41) is 1.08. The second-order valence-electron chi connectivity index (χ2n) is 3.33. The summed E-state index contributed by atoms with van der Waals surface area (Å²) in [6.07, 6.45) is 1.35. The minimum absolute atomic E-state index is 0.180. The average molecular weight is 255 g/mol. The van der Waals surface area contributed by atoms with Gasteiger partial charge in [-0.15, -0.1) is 0 Å². The molecule has 0 aliphatic rings. The van der Waals surface area contributed by atoms with Crippen LogP contribution < -0.4 is 5.56 Å². The summed E-state index contributed by atoms with van der Waals surface area (Å²) in [4.78, 5) is 18.1. The molecule has 82 valence electrons. The molecule has 5 heteroatoms. The van der Waals surface area contributed by atoms with Crippen molar-refractivity contribution in [1.29, 1.82) is 0 Å². The van der Waals surface area contributed by atoms with Gasteiger partial charge in [-0.2, -0.15) is 0 Å². The fourth-order valence-corrected chi connectivity index (χ4v) is 1.80. The third-order valence-corrected chi connectivity index (χ3v) is 2.83. The van der Waals surface area contributed by atoms with Gasteiger partial charge in [-0.05, 0) is 25.1 Å². The van der Waals surface area contributed by atoms with Crippen LogP contribution in [0, 0.1) is 6.92 Å². The number of aromatic nitrogens is 2. The smallest absolute Gasteiger partial charge is 0.254 e. The number of nitrogens with one attached hydrogen (secondary N) is 1. The average Bonchev–Trinajstić information content (AvgIpc) is 2.26. The van der Waals surface area contributed by atoms with Crippen molar-refractivity contribution in [3.8, 4) is 11.3 Å². The van der Waals surface area contributed by atoms with Crippen LogP contribution in [0.25, 0.3) is 11.3 Å². The third-order valence-electron chi connectivity index (χ3n) is 2.27. The third kappa shape index (κ3) is 1.96. The molecular weight excluding hydrogens is 247 g/mol. The summed E-state index contributed by atoms with van der Waals surface area (Å²) in [7, 11) is 0. The lowest BCUT2D eigenvalue weighted by Gasteiger charge is -2.06. The van der Waals surface area contributed by atoms with Crippen molar-refractivity contribution in [2.45, 2.75) is 6.92 Å². The highest BCUT2D eigenvalue weighted by Gasteiger charge is 2.10. The molecule has 1 aromatic carbocycles. The van der Waals surface area contributed by atoms with Crippen LogP contribution in [0.2, 0.25) is 10.0 Å². The Bertz CT molecular complexity index is 593. The lowest BCUT2D eigenvalue weighted by Crippen LogP contribution is -2.11. The molecule has 2 aromatic rings. The zero-order valence-corrected chi connectivity index (χ0v) is 9.93. The molecule has 0 amide bonds. The topological polar surface area (TPSA) is 45.8 Å². The van der Waals surface area contributed by atoms with Crippen LogP contribution in [0.15, 0.2) is 29.3 Å². The monoisotopic (exact) mass is 254 g/mol. The zero-order chi connectivity index (χ0) is 11.7. The van der Waals surface area contributed by atoms with E-state index in [2.05, 4.69) is 9.97 Å². The number of benzene rings is 1. The van der Waals surface area contributed by atoms with Crippen molar-refractivity contribution in [2.24, 2.45) is 0 Å². The lowest BCUT2D eigenvalue weighted by molar-refractivity contribution is 1.08. The molecule has 0 saturated heterocycles. The molecular formula is C11H8Cl2N2O. The van der Waals surface area contributed by atoms with Gasteiger partial charge in [-0.1, -0.05) is 23.2 Å². The Kier molecular flexibility index (Phi) is 2.99. The maximum absolute atomic E-state index is 11.4. The highest BCUT2D eigenvalue weighted by atomic mass is 35.5. The molecule has 2 rings (SSSR count). The molecule has 1 heterocycles. The van der Waals surface area contributed by atoms with Crippen LogP contribution in [-0.4, -0.2) is 9.97 Å². The van der Waals surface area contributed by atoms with E-state index in [-0.39, 0.29) is 5.56 Å². The van der Waals surface area contributed by atoms with Crippen molar-refractivity contribution in [1.82, 2.24) is 9.97 Å². The van der Waals surface area contributed by atoms with Crippen molar-refractivity contribution < 1.29 is 0 Å². The quantitative estimate of drug-likeness (QED) is 0.851. The van der Waals surface area contributed by atoms with Crippen LogP contribution in [0.1, 0.15) is 5.56 Å². The van der Waals surface area contributed by atoms with Gasteiger partial charge in [0.25, 0.3) is 5.56 Å². The van der Waals surface area contributed by atoms with Gasteiger partial charge in [0.15, 0.2) is 0 Å². The van der Waals surface area contributed by atoms with Gasteiger partial charge < -0.3 is 4.98 Å². The van der Waals surface area contributed by atoms with Crippen LogP contribution in [0.3, 0.4) is 0 Å². The number of nitrogens with zero attached hydrogens (tertiary/aromatic N) is 1. The van der Waals surface area contributed by atoms with Gasteiger partial charge in [-0.25, -0.2) is 4.98 Å². The Hall–Kier alpha value is -1.32. The maximum atomic E-state index is 11.4. The largest absolute Gasteiger partial charge is 0.313 e. The molecule has 0 bridgehead atoms. The van der Waals surface area contributed by atoms with E-state index in [1.807, 2.05) is 0 Å². The van der Waals surface area contributed by atoms with Crippen LogP contribution in [0.5, 0.6) is 0 Å². The summed E-state index contributed by atoms with van der Waals surface area (Å²) in [5.74, 6) is 0. The van der Waals surface area contributed by atoms with Crippen molar-refractivity contribution >= 4 is 23.2 Å². The van der Waals surface area contributed by atoms with E-state index >= 15 is 0 Å². The van der Waals surface area contributed by atoms with E-state index in [9.17, 15) is 4.79 Å². The summed E-state index contributed by atoms with van der Waals surface area (Å²) in [6.45, 7) is 1.69. The highest BCUT2D eigenvalue weighted by molar-refractivity contribution is 6.35. The van der Waals surface area contributed by atoms with E-state index in [1.54, 1.807) is 25.1 Å². The minimum Gasteiger partial charge on any atom is -0.313 e. The van der Waals surface area contributed by atoms with Crippen molar-refractivity contribution in [3.63, 3.8) is 0 Å². The standard InChI is InChI=1S/C11H8Cl2N2O/c1-6-10(14-5-15-11(6)16)8-4-7(12)2-3-9(8)13/h2-5H,1H3,(H,14,15,16). The first kappa shape index (κ1) is 11.2. The molecule has 16 heavy (non-hydrogen) atoms. The van der Waals surface area contributed by atoms with Crippen LogP contribution >= 0.6 is 23.2 Å². The molecule has 0 aliphatic carbocycles. The van der Waals surface area contributed by atoms with E-state index in [4.69, 9.17) is 23.2 Å². The normalized spacial score (nSPS) is 10.4. The van der Waals surface area contributed by atoms with Gasteiger partial charge in [0.2, 0.25) is 0 Å². The first-order chi connectivity index (χ1) is 7.59. The first-order valence-corrected chi connectivity index (χ1v) is 5.35. The molecule has 0 aliphatic heterocycles. The number of rotatable bonds is 1. The second kappa shape index (κ2) is 4.28. The van der Waals surface area contributed by atoms with Gasteiger partial charge >= 0.3 is 0 Å². The zero-order valence-electron chi connectivity index (χ0n) is 8.42. The van der Waals surface area contributed by atoms with Gasteiger partial charge in [0.05, 0.1) is 17.0 Å². The molecule has 0 saturated carbocycles. The van der Waals surface area contributed by atoms with Gasteiger partial charge in [-0.3, -0.25) is 4.79 Å². The molecule has 3 nitrogen and oxygen atoms in total. The summed E-state index contributed by atoms with van der Waals surface area (Å²) in [5.41, 5.74) is 1.56. The number of aromatic amines is 1. The molecule has 0 spiro atoms. The number of halogens is 2. The first-order valence-electron chi connectivity index (χ1n) is 4.59. The highest BCUT2D eigenvalue weighted by Crippen LogP contribution is 2.29. The maximum Gasteiger partial charge on any atom is 0.254 e. The van der Waals surface area contributed by atoms with Gasteiger partial charge in [0, 0.05) is 16.1 Å². The predicted molar refractivity (Wildman–Crippen MR) is 65.1 cm³/mol. The van der Waals surface area contributed by atoms with E-state index in [0.717, 1.165) is 0 Å². The van der Waals surface area contributed by atoms with Crippen molar-refractivity contribution in [2.75, 3.05) is 0 Å². The fraction of sp³-hybridized carbons (Fsp3) is 0.0909. The summed E-state index contributed by atoms with van der Waals surface area (Å²) in [6, 6.07) is 5.07. The van der Waals surface area contributed by atoms with E-state index in [0.29, 0.717) is 26.9 Å². The summed E-state index contributed by atoms with van der Waals surface area (Å²) >= 11 is 11.9. The van der Waals surface area contributed by atoms with Crippen LogP contribution in [-0.2, 0) is 0 Å². The Morgan fingerprint density at radius 2 is 2.06 bits per heavy atom. The SMILES string of the molecule is Cc1c(-c2cc(Cl)ccc2Cl)nc[nH]c1=O. The molecule has 0 fully saturated rings. The fourth-order valence-electron chi connectivity index (χ4n) is 1.42. The van der Waals surface area contributed by atoms with Crippen LogP contribution in [0.4, 0.5) is 0 Å². The predicted octanol–water partition coefficient (Wildman–Crippen LogP) is 3.05. The number of hydrogen-bond donors (Lipinski definition) is 1. The molecule has 1 aromatic heterocycles. The van der Waals surface area contributed by atoms with Gasteiger partial charge in [0.1, 0.15) is 0 Å². The van der Waals surface area contributed by atoms with E-state index in [1.165, 1.54) is 6.33 Å². The number of hydrogen-bond acceptors (Lipinski definition) is 2. The Morgan fingerprint density at radius 3 is 2.81 bits per heavy atom. The molecule has 1 N–H and O–H groups in total. The second-order valence-corrected chi connectivity index (χ2v) is 4.17.